The molecule has 9 heteroatoms. The summed E-state index contributed by atoms with van der Waals surface area (Å²) in [5.74, 6) is -2.33. The molecule has 2 fully saturated rings. The van der Waals surface area contributed by atoms with Crippen LogP contribution in [0, 0.1) is 28.6 Å². The lowest BCUT2D eigenvalue weighted by Gasteiger charge is -2.58. The first kappa shape index (κ1) is 33.8. The van der Waals surface area contributed by atoms with Crippen LogP contribution in [0.4, 0.5) is 0 Å². The van der Waals surface area contributed by atoms with Crippen LogP contribution in [0.5, 0.6) is 0 Å². The lowest BCUT2D eigenvalue weighted by atomic mass is 9.46. The molecule has 0 bridgehead atoms. The number of carbonyl (C=O) groups excluding carboxylic acids is 6. The third-order valence-corrected chi connectivity index (χ3v) is 11.2. The molecule has 4 aliphatic carbocycles. The molecule has 0 aromatic rings. The lowest BCUT2D eigenvalue weighted by Crippen LogP contribution is -2.59. The summed E-state index contributed by atoms with van der Waals surface area (Å²) in [6.45, 7) is 13.7. The number of ether oxygens (including phenoxy) is 2. The molecule has 0 amide bonds. The van der Waals surface area contributed by atoms with Crippen LogP contribution in [0.15, 0.2) is 47.1 Å². The second-order valence-electron chi connectivity index (χ2n) is 13.2. The molecule has 4 rings (SSSR count). The molecule has 44 heavy (non-hydrogen) atoms. The van der Waals surface area contributed by atoms with Crippen molar-refractivity contribution >= 4 is 47.7 Å². The zero-order chi connectivity index (χ0) is 32.4. The molecule has 2 saturated carbocycles. The van der Waals surface area contributed by atoms with Gasteiger partial charge in [0.05, 0.1) is 0 Å². The second-order valence-corrected chi connectivity index (χ2v) is 13.6. The Morgan fingerprint density at radius 1 is 1.02 bits per heavy atom. The zero-order valence-electron chi connectivity index (χ0n) is 26.0. The van der Waals surface area contributed by atoms with E-state index in [1.165, 1.54) is 13.0 Å². The summed E-state index contributed by atoms with van der Waals surface area (Å²) < 4.78 is 12.3. The number of hydrogen-bond donors (Lipinski definition) is 0. The van der Waals surface area contributed by atoms with Crippen molar-refractivity contribution in [3.05, 3.63) is 47.1 Å². The van der Waals surface area contributed by atoms with Crippen molar-refractivity contribution in [1.82, 2.24) is 0 Å². The van der Waals surface area contributed by atoms with Crippen molar-refractivity contribution in [3.63, 3.8) is 0 Å². The molecule has 238 valence electrons. The average molecular weight is 627 g/mol. The molecular weight excluding hydrogens is 584 g/mol. The number of allylic oxidation sites excluding steroid dienone is 6. The van der Waals surface area contributed by atoms with E-state index in [2.05, 4.69) is 13.2 Å². The number of carbonyl (C=O) groups is 6. The first-order valence-electron chi connectivity index (χ1n) is 15.6. The minimum atomic E-state index is -1.53. The van der Waals surface area contributed by atoms with Gasteiger partial charge in [0, 0.05) is 59.5 Å². The van der Waals surface area contributed by atoms with Crippen LogP contribution in [0.2, 0.25) is 0 Å². The molecule has 8 nitrogen and oxygen atoms in total. The number of unbranched alkanes of at least 4 members (excludes halogenated alkanes) is 4. The number of rotatable bonds is 13. The summed E-state index contributed by atoms with van der Waals surface area (Å²) in [7, 11) is 0. The Kier molecular flexibility index (Phi) is 10.0. The van der Waals surface area contributed by atoms with Crippen LogP contribution in [-0.4, -0.2) is 47.8 Å². The number of ketones is 2. The fourth-order valence-corrected chi connectivity index (χ4v) is 8.90. The number of esters is 2. The summed E-state index contributed by atoms with van der Waals surface area (Å²) >= 11 is 6.92. The standard InChI is InChI=1S/C35H43ClO8/c1-21-22(2)34(5)25-14-15-33(4)32(24(25)18-27(36)26(34)19-28(21)40)29(43-30(41)12-8-6-10-16-37)20-35(33,23(3)39)44-31(42)13-9-7-11-17-38/h16-19,24-25,29,32H,1-2,6-15,20H2,3-5H3/t24-,25+,29?,32-,33+,34-,35+/m1/s1. The Labute approximate surface area is 264 Å². The van der Waals surface area contributed by atoms with Crippen molar-refractivity contribution in [3.8, 4) is 0 Å². The van der Waals surface area contributed by atoms with Crippen LogP contribution in [0.3, 0.4) is 0 Å². The largest absolute Gasteiger partial charge is 0.462 e. The summed E-state index contributed by atoms with van der Waals surface area (Å²) in [5.41, 5.74) is -1.51. The summed E-state index contributed by atoms with van der Waals surface area (Å²) in [5, 5.41) is 0.409. The maximum Gasteiger partial charge on any atom is 0.306 e. The van der Waals surface area contributed by atoms with Crippen molar-refractivity contribution < 1.29 is 38.2 Å². The predicted molar refractivity (Wildman–Crippen MR) is 164 cm³/mol. The highest BCUT2D eigenvalue weighted by Crippen LogP contribution is 2.69. The minimum absolute atomic E-state index is 0.0177. The molecule has 0 radical (unpaired) electrons. The molecule has 4 aliphatic rings. The third-order valence-electron chi connectivity index (χ3n) is 10.9. The summed E-state index contributed by atoms with van der Waals surface area (Å²) in [6, 6.07) is 0. The number of fused-ring (bicyclic) bond motifs is 5. The fourth-order valence-electron chi connectivity index (χ4n) is 8.51. The van der Waals surface area contributed by atoms with Gasteiger partial charge in [0.25, 0.3) is 0 Å². The zero-order valence-corrected chi connectivity index (χ0v) is 26.7. The van der Waals surface area contributed by atoms with Crippen LogP contribution < -0.4 is 0 Å². The van der Waals surface area contributed by atoms with Crippen molar-refractivity contribution in [2.45, 2.75) is 103 Å². The van der Waals surface area contributed by atoms with E-state index in [1.807, 2.05) is 19.9 Å². The van der Waals surface area contributed by atoms with Gasteiger partial charge < -0.3 is 19.1 Å². The predicted octanol–water partition coefficient (Wildman–Crippen LogP) is 6.10. The molecule has 0 aromatic heterocycles. The van der Waals surface area contributed by atoms with E-state index >= 15 is 0 Å². The van der Waals surface area contributed by atoms with Crippen LogP contribution in [-0.2, 0) is 38.2 Å². The van der Waals surface area contributed by atoms with Crippen LogP contribution >= 0.6 is 11.6 Å². The van der Waals surface area contributed by atoms with Gasteiger partial charge in [0.1, 0.15) is 18.7 Å². The van der Waals surface area contributed by atoms with Gasteiger partial charge in [-0.3, -0.25) is 19.2 Å². The summed E-state index contributed by atoms with van der Waals surface area (Å²) in [4.78, 5) is 74.2. The monoisotopic (exact) mass is 626 g/mol. The van der Waals surface area contributed by atoms with E-state index in [0.717, 1.165) is 12.6 Å². The Balaban J connectivity index is 1.76. The smallest absolute Gasteiger partial charge is 0.306 e. The quantitative estimate of drug-likeness (QED) is 0.104. The third kappa shape index (κ3) is 5.59. The van der Waals surface area contributed by atoms with Gasteiger partial charge in [-0.25, -0.2) is 0 Å². The van der Waals surface area contributed by atoms with E-state index in [-0.39, 0.29) is 42.7 Å². The molecule has 1 unspecified atom stereocenters. The van der Waals surface area contributed by atoms with Crippen LogP contribution in [0.1, 0.15) is 91.4 Å². The molecular formula is C35H43ClO8. The van der Waals surface area contributed by atoms with E-state index in [1.54, 1.807) is 0 Å². The first-order chi connectivity index (χ1) is 20.8. The number of halogens is 1. The SMILES string of the molecule is C=C1C(=C)[C@@]2(C)C(=CC1=O)C(Cl)=C[C@@H]1[C@@H]2CC[C@@]2(C)[C@H]1C(OC(=O)CCCCC=O)C[C@]2(OC(=O)CCCCC=O)C(C)=O. The average Bonchev–Trinajstić information content (AvgIpc) is 3.22. The topological polar surface area (TPSA) is 121 Å². The van der Waals surface area contributed by atoms with E-state index < -0.39 is 40.4 Å². The molecule has 0 spiro atoms. The minimum Gasteiger partial charge on any atom is -0.462 e. The Morgan fingerprint density at radius 3 is 2.23 bits per heavy atom. The first-order valence-corrected chi connectivity index (χ1v) is 16.0. The molecule has 7 atom stereocenters. The Morgan fingerprint density at radius 2 is 1.64 bits per heavy atom. The van der Waals surface area contributed by atoms with Crippen molar-refractivity contribution in [1.29, 1.82) is 0 Å². The number of hydrogen-bond acceptors (Lipinski definition) is 8. The van der Waals surface area contributed by atoms with Gasteiger partial charge in [0.15, 0.2) is 17.2 Å². The Hall–Kier alpha value is -3.13. The maximum atomic E-state index is 13.7. The van der Waals surface area contributed by atoms with Gasteiger partial charge in [-0.05, 0) is 74.5 Å². The lowest BCUT2D eigenvalue weighted by molar-refractivity contribution is -0.187. The van der Waals surface area contributed by atoms with E-state index in [9.17, 15) is 28.8 Å². The summed E-state index contributed by atoms with van der Waals surface area (Å²) in [6.07, 6.45) is 8.34. The van der Waals surface area contributed by atoms with E-state index in [0.29, 0.717) is 73.1 Å². The molecule has 0 aliphatic heterocycles. The normalized spacial score (nSPS) is 34.1. The maximum absolute atomic E-state index is 13.7. The molecule has 0 saturated heterocycles. The molecule has 0 N–H and O–H groups in total. The highest BCUT2D eigenvalue weighted by atomic mass is 35.5. The second kappa shape index (κ2) is 13.1. The van der Waals surface area contributed by atoms with E-state index in [4.69, 9.17) is 21.1 Å². The van der Waals surface area contributed by atoms with Gasteiger partial charge in [-0.15, -0.1) is 0 Å². The van der Waals surface area contributed by atoms with Gasteiger partial charge in [-0.2, -0.15) is 0 Å². The number of aldehydes is 2. The van der Waals surface area contributed by atoms with Crippen LogP contribution in [0.25, 0.3) is 0 Å². The van der Waals surface area contributed by atoms with Crippen molar-refractivity contribution in [2.75, 3.05) is 0 Å². The van der Waals surface area contributed by atoms with Gasteiger partial charge >= 0.3 is 11.9 Å². The fraction of sp³-hybridized carbons (Fsp3) is 0.600. The molecule has 0 heterocycles. The Bertz CT molecular complexity index is 1340. The number of Topliss-reactive ketones (excluding diaryl/α,β-unsaturated/α-hetero) is 1. The van der Waals surface area contributed by atoms with Gasteiger partial charge in [-0.1, -0.05) is 44.7 Å². The highest BCUT2D eigenvalue weighted by molar-refractivity contribution is 6.33. The van der Waals surface area contributed by atoms with Crippen molar-refractivity contribution in [2.24, 2.45) is 28.6 Å². The molecule has 0 aromatic carbocycles. The highest BCUT2D eigenvalue weighted by Gasteiger charge is 2.72. The van der Waals surface area contributed by atoms with Gasteiger partial charge in [0.2, 0.25) is 0 Å².